The van der Waals surface area contributed by atoms with E-state index in [2.05, 4.69) is 10.3 Å². The minimum Gasteiger partial charge on any atom is -0.353 e. The molecule has 0 saturated carbocycles. The van der Waals surface area contributed by atoms with Crippen LogP contribution in [0.15, 0.2) is 72.8 Å². The summed E-state index contributed by atoms with van der Waals surface area (Å²) in [4.78, 5) is 20.8. The first kappa shape index (κ1) is 22.1. The number of carbonyl (C=O) groups excluding carboxylic acids is 1. The Morgan fingerprint density at radius 2 is 1.91 bits per heavy atom. The number of fused-ring (bicyclic) bond motifs is 2. The maximum atomic E-state index is 14.1. The van der Waals surface area contributed by atoms with Gasteiger partial charge >= 0.3 is 0 Å². The van der Waals surface area contributed by atoms with E-state index in [4.69, 9.17) is 16.6 Å². The van der Waals surface area contributed by atoms with Crippen molar-refractivity contribution in [1.29, 1.82) is 0 Å². The van der Waals surface area contributed by atoms with Gasteiger partial charge in [0.1, 0.15) is 5.82 Å². The summed E-state index contributed by atoms with van der Waals surface area (Å²) in [5.74, 6) is -0.358. The first-order valence-electron chi connectivity index (χ1n) is 11.2. The van der Waals surface area contributed by atoms with E-state index in [0.717, 1.165) is 50.0 Å². The van der Waals surface area contributed by atoms with Crippen LogP contribution in [0.3, 0.4) is 0 Å². The molecule has 2 aromatic heterocycles. The van der Waals surface area contributed by atoms with Crippen molar-refractivity contribution in [3.8, 4) is 11.4 Å². The summed E-state index contributed by atoms with van der Waals surface area (Å²) in [6.45, 7) is 1.91. The minimum atomic E-state index is -0.290. The summed E-state index contributed by atoms with van der Waals surface area (Å²) in [5, 5.41) is 5.47. The molecular formula is C28H23ClFN3O. The van der Waals surface area contributed by atoms with Crippen molar-refractivity contribution >= 4 is 45.0 Å². The molecule has 0 aliphatic heterocycles. The molecule has 5 rings (SSSR count). The number of aromatic amines is 1. The Balaban J connectivity index is 1.40. The number of rotatable bonds is 6. The number of H-pyrrole nitrogens is 1. The monoisotopic (exact) mass is 471 g/mol. The van der Waals surface area contributed by atoms with Crippen molar-refractivity contribution in [3.05, 3.63) is 94.8 Å². The second-order valence-corrected chi connectivity index (χ2v) is 8.86. The van der Waals surface area contributed by atoms with Crippen LogP contribution in [-0.2, 0) is 11.2 Å². The van der Waals surface area contributed by atoms with Crippen molar-refractivity contribution in [2.45, 2.75) is 26.2 Å². The summed E-state index contributed by atoms with van der Waals surface area (Å²) in [6, 6.07) is 22.1. The molecule has 0 spiro atoms. The normalized spacial score (nSPS) is 11.3. The molecule has 4 nitrogen and oxygen atoms in total. The number of anilines is 1. The third-order valence-electron chi connectivity index (χ3n) is 6.02. The third-order valence-corrected chi connectivity index (χ3v) is 6.25. The molecule has 0 bridgehead atoms. The van der Waals surface area contributed by atoms with Crippen LogP contribution in [0.4, 0.5) is 10.1 Å². The SMILES string of the molecule is Cc1cc(Cl)ccc1NC(=O)CCCc1c(-c2ccc3ccccc3n2)[nH]c2ccc(F)cc12. The van der Waals surface area contributed by atoms with Crippen molar-refractivity contribution in [3.63, 3.8) is 0 Å². The quantitative estimate of drug-likeness (QED) is 0.270. The predicted molar refractivity (Wildman–Crippen MR) is 137 cm³/mol. The zero-order valence-electron chi connectivity index (χ0n) is 18.7. The molecule has 6 heteroatoms. The van der Waals surface area contributed by atoms with Gasteiger partial charge in [-0.2, -0.15) is 0 Å². The van der Waals surface area contributed by atoms with E-state index in [1.165, 1.54) is 6.07 Å². The number of amides is 1. The minimum absolute atomic E-state index is 0.0678. The summed E-state index contributed by atoms with van der Waals surface area (Å²) < 4.78 is 14.1. The molecule has 0 fully saturated rings. The number of para-hydroxylation sites is 1. The van der Waals surface area contributed by atoms with Gasteiger partial charge < -0.3 is 10.3 Å². The lowest BCUT2D eigenvalue weighted by molar-refractivity contribution is -0.116. The molecule has 2 heterocycles. The third kappa shape index (κ3) is 4.52. The van der Waals surface area contributed by atoms with Crippen LogP contribution >= 0.6 is 11.6 Å². The largest absolute Gasteiger partial charge is 0.353 e. The van der Waals surface area contributed by atoms with Gasteiger partial charge in [0.25, 0.3) is 0 Å². The Bertz CT molecular complexity index is 1530. The van der Waals surface area contributed by atoms with Gasteiger partial charge in [-0.05, 0) is 79.4 Å². The first-order chi connectivity index (χ1) is 16.5. The Kier molecular flexibility index (Phi) is 6.03. The molecular weight excluding hydrogens is 449 g/mol. The average Bonchev–Trinajstić information content (AvgIpc) is 3.18. The van der Waals surface area contributed by atoms with Crippen molar-refractivity contribution in [1.82, 2.24) is 9.97 Å². The number of carbonyl (C=O) groups is 1. The van der Waals surface area contributed by atoms with Crippen LogP contribution in [0.25, 0.3) is 33.2 Å². The topological polar surface area (TPSA) is 57.8 Å². The van der Waals surface area contributed by atoms with Gasteiger partial charge in [-0.15, -0.1) is 0 Å². The van der Waals surface area contributed by atoms with Crippen LogP contribution in [0.1, 0.15) is 24.0 Å². The fourth-order valence-electron chi connectivity index (χ4n) is 4.31. The Morgan fingerprint density at radius 3 is 2.76 bits per heavy atom. The average molecular weight is 472 g/mol. The summed E-state index contributed by atoms with van der Waals surface area (Å²) in [6.07, 6.45) is 1.57. The molecule has 0 aliphatic rings. The second kappa shape index (κ2) is 9.27. The van der Waals surface area contributed by atoms with E-state index in [9.17, 15) is 9.18 Å². The molecule has 0 radical (unpaired) electrons. The summed E-state index contributed by atoms with van der Waals surface area (Å²) >= 11 is 6.00. The van der Waals surface area contributed by atoms with Crippen LogP contribution in [0.2, 0.25) is 5.02 Å². The van der Waals surface area contributed by atoms with Gasteiger partial charge in [0, 0.05) is 33.4 Å². The Morgan fingerprint density at radius 1 is 1.06 bits per heavy atom. The van der Waals surface area contributed by atoms with Gasteiger partial charge in [-0.3, -0.25) is 4.79 Å². The maximum absolute atomic E-state index is 14.1. The van der Waals surface area contributed by atoms with Crippen molar-refractivity contribution in [2.75, 3.05) is 5.32 Å². The molecule has 0 atom stereocenters. The van der Waals surface area contributed by atoms with Gasteiger partial charge in [-0.1, -0.05) is 35.9 Å². The highest BCUT2D eigenvalue weighted by molar-refractivity contribution is 6.30. The van der Waals surface area contributed by atoms with E-state index in [-0.39, 0.29) is 11.7 Å². The highest BCUT2D eigenvalue weighted by Gasteiger charge is 2.16. The summed E-state index contributed by atoms with van der Waals surface area (Å²) in [5.41, 5.74) is 6.04. The highest BCUT2D eigenvalue weighted by Crippen LogP contribution is 2.32. The number of halogens is 2. The number of benzene rings is 3. The molecule has 0 aliphatic carbocycles. The molecule has 3 aromatic carbocycles. The van der Waals surface area contributed by atoms with Crippen molar-refractivity contribution < 1.29 is 9.18 Å². The van der Waals surface area contributed by atoms with Crippen LogP contribution in [-0.4, -0.2) is 15.9 Å². The van der Waals surface area contributed by atoms with Crippen LogP contribution < -0.4 is 5.32 Å². The molecule has 2 N–H and O–H groups in total. The fourth-order valence-corrected chi connectivity index (χ4v) is 4.54. The highest BCUT2D eigenvalue weighted by atomic mass is 35.5. The zero-order chi connectivity index (χ0) is 23.7. The van der Waals surface area contributed by atoms with Crippen molar-refractivity contribution in [2.24, 2.45) is 0 Å². The number of hydrogen-bond donors (Lipinski definition) is 2. The lowest BCUT2D eigenvalue weighted by atomic mass is 10.0. The molecule has 1 amide bonds. The number of pyridine rings is 1. The number of nitrogens with one attached hydrogen (secondary N) is 2. The molecule has 0 unspecified atom stereocenters. The van der Waals surface area contributed by atoms with E-state index >= 15 is 0 Å². The molecule has 0 saturated heterocycles. The van der Waals surface area contributed by atoms with E-state index in [1.807, 2.05) is 55.5 Å². The van der Waals surface area contributed by atoms with E-state index in [0.29, 0.717) is 24.3 Å². The van der Waals surface area contributed by atoms with E-state index in [1.54, 1.807) is 18.2 Å². The van der Waals surface area contributed by atoms with E-state index < -0.39 is 0 Å². The maximum Gasteiger partial charge on any atom is 0.224 e. The lowest BCUT2D eigenvalue weighted by Crippen LogP contribution is -2.12. The zero-order valence-corrected chi connectivity index (χ0v) is 19.4. The van der Waals surface area contributed by atoms with Gasteiger partial charge in [0.05, 0.1) is 16.9 Å². The predicted octanol–water partition coefficient (Wildman–Crippen LogP) is 7.45. The number of hydrogen-bond acceptors (Lipinski definition) is 2. The van der Waals surface area contributed by atoms with Gasteiger partial charge in [0.15, 0.2) is 0 Å². The molecule has 34 heavy (non-hydrogen) atoms. The van der Waals surface area contributed by atoms with Gasteiger partial charge in [-0.25, -0.2) is 9.37 Å². The lowest BCUT2D eigenvalue weighted by Gasteiger charge is -2.09. The Hall–Kier alpha value is -3.70. The first-order valence-corrected chi connectivity index (χ1v) is 11.6. The molecule has 170 valence electrons. The number of nitrogens with zero attached hydrogens (tertiary/aromatic N) is 1. The number of aromatic nitrogens is 2. The smallest absolute Gasteiger partial charge is 0.224 e. The van der Waals surface area contributed by atoms with Crippen LogP contribution in [0, 0.1) is 12.7 Å². The van der Waals surface area contributed by atoms with Gasteiger partial charge in [0.2, 0.25) is 5.91 Å². The summed E-state index contributed by atoms with van der Waals surface area (Å²) in [7, 11) is 0. The second-order valence-electron chi connectivity index (χ2n) is 8.42. The standard InChI is InChI=1S/C28H23ClFN3O/c1-17-15-19(29)10-13-23(17)32-27(34)8-4-6-21-22-16-20(30)11-14-25(22)33-28(21)26-12-9-18-5-2-3-7-24(18)31-26/h2-3,5,7,9-16,33H,4,6,8H2,1H3,(H,32,34). The van der Waals surface area contributed by atoms with Crippen LogP contribution in [0.5, 0.6) is 0 Å². The number of aryl methyl sites for hydroxylation is 2. The fraction of sp³-hybridized carbons (Fsp3) is 0.143. The Labute approximate surface area is 201 Å². The molecule has 5 aromatic rings.